The number of aryl methyl sites for hydroxylation is 2. The lowest BCUT2D eigenvalue weighted by Crippen LogP contribution is -2.15. The number of hydrogen-bond acceptors (Lipinski definition) is 2. The third-order valence-corrected chi connectivity index (χ3v) is 3.39. The van der Waals surface area contributed by atoms with Crippen molar-refractivity contribution < 1.29 is 4.79 Å². The Hall–Kier alpha value is -2.82. The van der Waals surface area contributed by atoms with E-state index in [1.165, 1.54) is 0 Å². The van der Waals surface area contributed by atoms with Crippen LogP contribution in [0.1, 0.15) is 15.9 Å². The van der Waals surface area contributed by atoms with Crippen molar-refractivity contribution in [2.75, 3.05) is 5.32 Å². The summed E-state index contributed by atoms with van der Waals surface area (Å²) in [7, 11) is 1.82. The fourth-order valence-corrected chi connectivity index (χ4v) is 2.28. The number of para-hydroxylation sites is 1. The van der Waals surface area contributed by atoms with Gasteiger partial charge in [0.15, 0.2) is 0 Å². The topological polar surface area (TPSA) is 51.9 Å². The van der Waals surface area contributed by atoms with Gasteiger partial charge in [-0.15, -0.1) is 0 Å². The first-order valence-electron chi connectivity index (χ1n) is 6.69. The molecule has 0 aliphatic rings. The number of nitrogens with one attached hydrogen (secondary N) is 1. The second-order valence-electron chi connectivity index (χ2n) is 4.86. The summed E-state index contributed by atoms with van der Waals surface area (Å²) in [5, 5.41) is 7.13. The Kier molecular flexibility index (Phi) is 3.31. The number of carbonyl (C=O) groups excluding carboxylic acids is 1. The second kappa shape index (κ2) is 5.28. The Morgan fingerprint density at radius 1 is 1.14 bits per heavy atom. The smallest absolute Gasteiger partial charge is 0.261 e. The van der Waals surface area contributed by atoms with Gasteiger partial charge in [-0.3, -0.25) is 9.48 Å². The van der Waals surface area contributed by atoms with Gasteiger partial charge in [0.05, 0.1) is 6.20 Å². The molecule has 5 heteroatoms. The van der Waals surface area contributed by atoms with Crippen LogP contribution >= 0.6 is 0 Å². The van der Waals surface area contributed by atoms with Crippen molar-refractivity contribution in [3.63, 3.8) is 0 Å². The molecule has 0 aliphatic heterocycles. The molecule has 0 bridgehead atoms. The van der Waals surface area contributed by atoms with Gasteiger partial charge in [0, 0.05) is 25.1 Å². The van der Waals surface area contributed by atoms with Gasteiger partial charge in [0.25, 0.3) is 5.91 Å². The summed E-state index contributed by atoms with van der Waals surface area (Å²) in [6.07, 6.45) is 5.37. The first-order valence-corrected chi connectivity index (χ1v) is 6.69. The molecule has 0 radical (unpaired) electrons. The molecule has 106 valence electrons. The molecule has 3 aromatic rings. The van der Waals surface area contributed by atoms with Crippen LogP contribution in [-0.4, -0.2) is 20.3 Å². The number of benzene rings is 1. The molecule has 0 unspecified atom stereocenters. The molecule has 0 fully saturated rings. The number of nitrogens with zero attached hydrogens (tertiary/aromatic N) is 3. The van der Waals surface area contributed by atoms with E-state index in [1.54, 1.807) is 10.9 Å². The molecular formula is C16H16N4O. The lowest BCUT2D eigenvalue weighted by molar-refractivity contribution is 0.102. The van der Waals surface area contributed by atoms with E-state index in [1.807, 2.05) is 67.3 Å². The Balaban J connectivity index is 1.95. The molecule has 0 atom stereocenters. The highest BCUT2D eigenvalue weighted by Gasteiger charge is 2.17. The summed E-state index contributed by atoms with van der Waals surface area (Å²) in [4.78, 5) is 12.5. The SMILES string of the molecule is Cc1ccccc1NC(=O)c1cnn(C)c1-n1cccc1. The Morgan fingerprint density at radius 3 is 2.57 bits per heavy atom. The van der Waals surface area contributed by atoms with Crippen LogP contribution in [0.15, 0.2) is 55.0 Å². The van der Waals surface area contributed by atoms with E-state index >= 15 is 0 Å². The van der Waals surface area contributed by atoms with E-state index in [-0.39, 0.29) is 5.91 Å². The van der Waals surface area contributed by atoms with E-state index in [2.05, 4.69) is 10.4 Å². The zero-order valence-corrected chi connectivity index (χ0v) is 11.9. The van der Waals surface area contributed by atoms with Crippen LogP contribution in [0.4, 0.5) is 5.69 Å². The molecule has 5 nitrogen and oxygen atoms in total. The molecule has 0 spiro atoms. The maximum absolute atomic E-state index is 12.5. The third-order valence-electron chi connectivity index (χ3n) is 3.39. The van der Waals surface area contributed by atoms with E-state index in [0.29, 0.717) is 5.56 Å². The van der Waals surface area contributed by atoms with Crippen molar-refractivity contribution >= 4 is 11.6 Å². The Bertz CT molecular complexity index is 771. The quantitative estimate of drug-likeness (QED) is 0.802. The van der Waals surface area contributed by atoms with Crippen LogP contribution < -0.4 is 5.32 Å². The number of rotatable bonds is 3. The summed E-state index contributed by atoms with van der Waals surface area (Å²) in [5.41, 5.74) is 2.37. The van der Waals surface area contributed by atoms with E-state index in [0.717, 1.165) is 17.1 Å². The molecular weight excluding hydrogens is 264 g/mol. The van der Waals surface area contributed by atoms with Crippen LogP contribution in [0, 0.1) is 6.92 Å². The lowest BCUT2D eigenvalue weighted by Gasteiger charge is -2.10. The fourth-order valence-electron chi connectivity index (χ4n) is 2.28. The highest BCUT2D eigenvalue weighted by molar-refractivity contribution is 6.06. The van der Waals surface area contributed by atoms with Gasteiger partial charge in [-0.1, -0.05) is 18.2 Å². The minimum atomic E-state index is -0.166. The Morgan fingerprint density at radius 2 is 1.86 bits per heavy atom. The molecule has 1 aromatic carbocycles. The summed E-state index contributed by atoms with van der Waals surface area (Å²) in [5.74, 6) is 0.576. The van der Waals surface area contributed by atoms with Crippen LogP contribution in [0.3, 0.4) is 0 Å². The van der Waals surface area contributed by atoms with E-state index in [9.17, 15) is 4.79 Å². The zero-order chi connectivity index (χ0) is 14.8. The summed E-state index contributed by atoms with van der Waals surface area (Å²) < 4.78 is 3.56. The summed E-state index contributed by atoms with van der Waals surface area (Å²) in [6, 6.07) is 11.5. The normalized spacial score (nSPS) is 10.6. The number of carbonyl (C=O) groups is 1. The van der Waals surface area contributed by atoms with Gasteiger partial charge in [-0.05, 0) is 30.7 Å². The first kappa shape index (κ1) is 13.2. The van der Waals surface area contributed by atoms with Gasteiger partial charge in [-0.2, -0.15) is 5.10 Å². The standard InChI is InChI=1S/C16H16N4O/c1-12-7-3-4-8-14(12)18-15(21)13-11-17-19(2)16(13)20-9-5-6-10-20/h3-11H,1-2H3,(H,18,21). The predicted molar refractivity (Wildman–Crippen MR) is 81.7 cm³/mol. The number of hydrogen-bond donors (Lipinski definition) is 1. The molecule has 1 N–H and O–H groups in total. The number of anilines is 1. The average molecular weight is 280 g/mol. The number of aromatic nitrogens is 3. The van der Waals surface area contributed by atoms with Crippen molar-refractivity contribution in [1.82, 2.24) is 14.3 Å². The average Bonchev–Trinajstić information content (AvgIpc) is 3.10. The van der Waals surface area contributed by atoms with Crippen molar-refractivity contribution in [1.29, 1.82) is 0 Å². The minimum absolute atomic E-state index is 0.166. The van der Waals surface area contributed by atoms with Crippen molar-refractivity contribution in [3.8, 4) is 5.82 Å². The largest absolute Gasteiger partial charge is 0.322 e. The summed E-state index contributed by atoms with van der Waals surface area (Å²) in [6.45, 7) is 1.96. The van der Waals surface area contributed by atoms with Gasteiger partial charge in [0.1, 0.15) is 11.4 Å². The minimum Gasteiger partial charge on any atom is -0.322 e. The maximum atomic E-state index is 12.5. The van der Waals surface area contributed by atoms with Gasteiger partial charge in [0.2, 0.25) is 0 Å². The van der Waals surface area contributed by atoms with Crippen molar-refractivity contribution in [2.45, 2.75) is 6.92 Å². The zero-order valence-electron chi connectivity index (χ0n) is 11.9. The molecule has 2 heterocycles. The molecule has 0 saturated carbocycles. The highest BCUT2D eigenvalue weighted by atomic mass is 16.1. The molecule has 21 heavy (non-hydrogen) atoms. The molecule has 2 aromatic heterocycles. The molecule has 3 rings (SSSR count). The lowest BCUT2D eigenvalue weighted by atomic mass is 10.2. The van der Waals surface area contributed by atoms with Crippen molar-refractivity contribution in [2.24, 2.45) is 7.05 Å². The molecule has 1 amide bonds. The van der Waals surface area contributed by atoms with Gasteiger partial charge >= 0.3 is 0 Å². The van der Waals surface area contributed by atoms with Gasteiger partial charge < -0.3 is 9.88 Å². The maximum Gasteiger partial charge on any atom is 0.261 e. The third kappa shape index (κ3) is 2.45. The monoisotopic (exact) mass is 280 g/mol. The second-order valence-corrected chi connectivity index (χ2v) is 4.86. The van der Waals surface area contributed by atoms with Gasteiger partial charge in [-0.25, -0.2) is 0 Å². The van der Waals surface area contributed by atoms with Crippen LogP contribution in [0.5, 0.6) is 0 Å². The fraction of sp³-hybridized carbons (Fsp3) is 0.125. The number of amides is 1. The van der Waals surface area contributed by atoms with Crippen LogP contribution in [0.25, 0.3) is 5.82 Å². The highest BCUT2D eigenvalue weighted by Crippen LogP contribution is 2.18. The Labute approximate surface area is 122 Å². The van der Waals surface area contributed by atoms with Crippen LogP contribution in [0.2, 0.25) is 0 Å². The van der Waals surface area contributed by atoms with E-state index in [4.69, 9.17) is 0 Å². The molecule has 0 aliphatic carbocycles. The van der Waals surface area contributed by atoms with E-state index < -0.39 is 0 Å². The molecule has 0 saturated heterocycles. The first-order chi connectivity index (χ1) is 10.2. The summed E-state index contributed by atoms with van der Waals surface area (Å²) >= 11 is 0. The predicted octanol–water partition coefficient (Wildman–Crippen LogP) is 2.77. The van der Waals surface area contributed by atoms with Crippen molar-refractivity contribution in [3.05, 3.63) is 66.1 Å². The van der Waals surface area contributed by atoms with Crippen LogP contribution in [-0.2, 0) is 7.05 Å².